The van der Waals surface area contributed by atoms with E-state index in [-0.39, 0.29) is 5.41 Å². The van der Waals surface area contributed by atoms with Crippen molar-refractivity contribution in [2.24, 2.45) is 0 Å². The minimum absolute atomic E-state index is 0.236. The van der Waals surface area contributed by atoms with E-state index in [1.807, 2.05) is 27.7 Å². The molecule has 0 aliphatic rings. The molecule has 0 saturated carbocycles. The topological polar surface area (TPSA) is 50.2 Å². The zero-order valence-corrected chi connectivity index (χ0v) is 8.96. The van der Waals surface area contributed by atoms with E-state index >= 15 is 0 Å². The predicted octanol–water partition coefficient (Wildman–Crippen LogP) is 2.39. The third kappa shape index (κ3) is 2.10. The molecule has 0 saturated heterocycles. The number of carbonyl (C=O) groups is 1. The summed E-state index contributed by atoms with van der Waals surface area (Å²) in [5.74, 6) is -0.914. The van der Waals surface area contributed by atoms with Crippen LogP contribution in [0.3, 0.4) is 0 Å². The van der Waals surface area contributed by atoms with Gasteiger partial charge in [-0.25, -0.2) is 4.79 Å². The van der Waals surface area contributed by atoms with Crippen molar-refractivity contribution < 1.29 is 9.90 Å². The lowest BCUT2D eigenvalue weighted by Crippen LogP contribution is -2.19. The summed E-state index contributed by atoms with van der Waals surface area (Å²) in [6.45, 7) is 7.74. The second-order valence-corrected chi connectivity index (χ2v) is 4.40. The molecule has 0 aromatic carbocycles. The first kappa shape index (κ1) is 10.7. The van der Waals surface area contributed by atoms with Crippen LogP contribution in [0.4, 0.5) is 0 Å². The number of hydrogen-bond acceptors (Lipinski definition) is 2. The Morgan fingerprint density at radius 1 is 1.36 bits per heavy atom. The zero-order chi connectivity index (χ0) is 10.9. The fourth-order valence-electron chi connectivity index (χ4n) is 1.30. The minimum Gasteiger partial charge on any atom is -0.478 e. The van der Waals surface area contributed by atoms with Gasteiger partial charge < -0.3 is 5.11 Å². The highest BCUT2D eigenvalue weighted by Gasteiger charge is 2.22. The molecule has 0 aliphatic heterocycles. The largest absolute Gasteiger partial charge is 0.478 e. The van der Waals surface area contributed by atoms with Crippen molar-refractivity contribution in [1.29, 1.82) is 0 Å². The lowest BCUT2D eigenvalue weighted by atomic mass is 9.88. The van der Waals surface area contributed by atoms with Gasteiger partial charge in [0.1, 0.15) is 0 Å². The molecule has 14 heavy (non-hydrogen) atoms. The van der Waals surface area contributed by atoms with Crippen molar-refractivity contribution in [1.82, 2.24) is 4.98 Å². The molecule has 0 atom stereocenters. The lowest BCUT2D eigenvalue weighted by molar-refractivity contribution is 0.0693. The van der Waals surface area contributed by atoms with Crippen LogP contribution < -0.4 is 0 Å². The fourth-order valence-corrected chi connectivity index (χ4v) is 1.30. The zero-order valence-electron chi connectivity index (χ0n) is 8.96. The van der Waals surface area contributed by atoms with Crippen LogP contribution in [0, 0.1) is 6.92 Å². The number of aromatic nitrogens is 1. The number of pyridine rings is 1. The van der Waals surface area contributed by atoms with E-state index in [4.69, 9.17) is 5.11 Å². The van der Waals surface area contributed by atoms with Gasteiger partial charge in [-0.1, -0.05) is 20.8 Å². The molecular formula is C11H15NO2. The number of rotatable bonds is 1. The number of nitrogens with zero attached hydrogens (tertiary/aromatic N) is 1. The molecule has 0 fully saturated rings. The average molecular weight is 193 g/mol. The van der Waals surface area contributed by atoms with Gasteiger partial charge in [-0.3, -0.25) is 4.98 Å². The molecule has 1 heterocycles. The monoisotopic (exact) mass is 193 g/mol. The normalized spacial score (nSPS) is 11.4. The number of hydrogen-bond donors (Lipinski definition) is 1. The highest BCUT2D eigenvalue weighted by atomic mass is 16.4. The van der Waals surface area contributed by atoms with E-state index < -0.39 is 5.97 Å². The molecule has 1 aromatic heterocycles. The number of carboxylic acid groups (broad SMARTS) is 1. The summed E-state index contributed by atoms with van der Waals surface area (Å²) < 4.78 is 0. The highest BCUT2D eigenvalue weighted by Crippen LogP contribution is 2.24. The fraction of sp³-hybridized carbons (Fsp3) is 0.455. The number of aromatic carboxylic acids is 1. The molecule has 1 rings (SSSR count). The van der Waals surface area contributed by atoms with Crippen molar-refractivity contribution in [2.75, 3.05) is 0 Å². The second-order valence-electron chi connectivity index (χ2n) is 4.40. The third-order valence-electron chi connectivity index (χ3n) is 1.98. The molecule has 0 radical (unpaired) electrons. The Bertz CT molecular complexity index is 364. The summed E-state index contributed by atoms with van der Waals surface area (Å²) in [7, 11) is 0. The van der Waals surface area contributed by atoms with E-state index in [9.17, 15) is 4.79 Å². The van der Waals surface area contributed by atoms with Crippen LogP contribution in [0.2, 0.25) is 0 Å². The third-order valence-corrected chi connectivity index (χ3v) is 1.98. The summed E-state index contributed by atoms with van der Waals surface area (Å²) in [6, 6.07) is 3.34. The van der Waals surface area contributed by atoms with Crippen LogP contribution in [0.25, 0.3) is 0 Å². The summed E-state index contributed by atoms with van der Waals surface area (Å²) in [4.78, 5) is 15.2. The molecule has 0 spiro atoms. The van der Waals surface area contributed by atoms with Crippen molar-refractivity contribution in [2.45, 2.75) is 33.1 Å². The Hall–Kier alpha value is -1.38. The van der Waals surface area contributed by atoms with E-state index in [1.54, 1.807) is 12.1 Å². The van der Waals surface area contributed by atoms with Gasteiger partial charge in [0.25, 0.3) is 0 Å². The Morgan fingerprint density at radius 3 is 2.36 bits per heavy atom. The van der Waals surface area contributed by atoms with Crippen LogP contribution >= 0.6 is 0 Å². The van der Waals surface area contributed by atoms with Crippen LogP contribution in [-0.4, -0.2) is 16.1 Å². The van der Waals surface area contributed by atoms with Crippen molar-refractivity contribution in [3.8, 4) is 0 Å². The first-order chi connectivity index (χ1) is 6.32. The maximum absolute atomic E-state index is 10.9. The van der Waals surface area contributed by atoms with Crippen LogP contribution in [0.1, 0.15) is 42.5 Å². The summed E-state index contributed by atoms with van der Waals surface area (Å²) in [6.07, 6.45) is 0. The Balaban J connectivity index is 3.38. The molecule has 0 unspecified atom stereocenters. The number of carboxylic acids is 1. The van der Waals surface area contributed by atoms with Crippen molar-refractivity contribution >= 4 is 5.97 Å². The average Bonchev–Trinajstić information content (AvgIpc) is 2.01. The second kappa shape index (κ2) is 3.40. The molecule has 0 amide bonds. The van der Waals surface area contributed by atoms with Crippen LogP contribution in [-0.2, 0) is 5.41 Å². The Morgan fingerprint density at radius 2 is 1.93 bits per heavy atom. The first-order valence-corrected chi connectivity index (χ1v) is 4.54. The highest BCUT2D eigenvalue weighted by molar-refractivity contribution is 5.89. The van der Waals surface area contributed by atoms with Gasteiger partial charge in [0.2, 0.25) is 0 Å². The Kier molecular flexibility index (Phi) is 2.60. The number of aryl methyl sites for hydroxylation is 1. The van der Waals surface area contributed by atoms with Crippen LogP contribution in [0.5, 0.6) is 0 Å². The summed E-state index contributed by atoms with van der Waals surface area (Å²) in [5, 5.41) is 8.98. The smallest absolute Gasteiger partial charge is 0.337 e. The molecular weight excluding hydrogens is 178 g/mol. The van der Waals surface area contributed by atoms with Gasteiger partial charge in [0.15, 0.2) is 0 Å². The van der Waals surface area contributed by atoms with Crippen molar-refractivity contribution in [3.63, 3.8) is 0 Å². The van der Waals surface area contributed by atoms with Crippen LogP contribution in [0.15, 0.2) is 12.1 Å². The van der Waals surface area contributed by atoms with E-state index in [1.165, 1.54) is 0 Å². The van der Waals surface area contributed by atoms with E-state index in [0.717, 1.165) is 5.69 Å². The first-order valence-electron chi connectivity index (χ1n) is 4.54. The van der Waals surface area contributed by atoms with Gasteiger partial charge in [-0.2, -0.15) is 0 Å². The molecule has 3 nitrogen and oxygen atoms in total. The Labute approximate surface area is 83.8 Å². The van der Waals surface area contributed by atoms with Crippen molar-refractivity contribution in [3.05, 3.63) is 29.1 Å². The molecule has 0 bridgehead atoms. The predicted molar refractivity (Wildman–Crippen MR) is 54.6 cm³/mol. The lowest BCUT2D eigenvalue weighted by Gasteiger charge is -2.20. The molecule has 0 aliphatic carbocycles. The standard InChI is InChI=1S/C11H15NO2/c1-7-5-6-8(10(13)14)9(12-7)11(2,3)4/h5-6H,1-4H3,(H,13,14). The molecule has 76 valence electrons. The van der Waals surface area contributed by atoms with E-state index in [2.05, 4.69) is 4.98 Å². The molecule has 1 aromatic rings. The van der Waals surface area contributed by atoms with E-state index in [0.29, 0.717) is 11.3 Å². The SMILES string of the molecule is Cc1ccc(C(=O)O)c(C(C)(C)C)n1. The van der Waals surface area contributed by atoms with Gasteiger partial charge in [0, 0.05) is 11.1 Å². The van der Waals surface area contributed by atoms with Gasteiger partial charge >= 0.3 is 5.97 Å². The van der Waals surface area contributed by atoms with Gasteiger partial charge in [-0.15, -0.1) is 0 Å². The van der Waals surface area contributed by atoms with Gasteiger partial charge in [-0.05, 0) is 19.1 Å². The summed E-state index contributed by atoms with van der Waals surface area (Å²) in [5.41, 5.74) is 1.55. The molecule has 3 heteroatoms. The molecule has 1 N–H and O–H groups in total. The minimum atomic E-state index is -0.914. The maximum atomic E-state index is 10.9. The van der Waals surface area contributed by atoms with Gasteiger partial charge in [0.05, 0.1) is 11.3 Å². The summed E-state index contributed by atoms with van der Waals surface area (Å²) >= 11 is 0. The quantitative estimate of drug-likeness (QED) is 0.745. The maximum Gasteiger partial charge on any atom is 0.337 e.